The molecule has 1 aromatic heterocycles. The molecule has 196 valence electrons. The Labute approximate surface area is 202 Å². The van der Waals surface area contributed by atoms with Gasteiger partial charge in [0.2, 0.25) is 5.91 Å². The fourth-order valence-corrected chi connectivity index (χ4v) is 5.41. The van der Waals surface area contributed by atoms with Crippen LogP contribution in [0.5, 0.6) is 0 Å². The molecule has 12 heteroatoms. The Morgan fingerprint density at radius 1 is 1.26 bits per heavy atom. The first-order chi connectivity index (χ1) is 16.3. The van der Waals surface area contributed by atoms with Gasteiger partial charge in [-0.1, -0.05) is 25.4 Å². The van der Waals surface area contributed by atoms with Gasteiger partial charge in [0.05, 0.1) is 11.6 Å². The Morgan fingerprint density at radius 3 is 2.34 bits per heavy atom. The Balaban J connectivity index is 0.000000429. The van der Waals surface area contributed by atoms with E-state index in [0.29, 0.717) is 41.9 Å². The zero-order chi connectivity index (χ0) is 26.1. The molecule has 1 spiro atoms. The van der Waals surface area contributed by atoms with Gasteiger partial charge in [0.1, 0.15) is 11.3 Å². The normalized spacial score (nSPS) is 24.5. The molecule has 9 nitrogen and oxygen atoms in total. The number of carbonyl (C=O) groups excluding carboxylic acids is 2. The predicted molar refractivity (Wildman–Crippen MR) is 119 cm³/mol. The number of alkyl halides is 3. The molecule has 3 aliphatic rings. The number of hydrogen-bond donors (Lipinski definition) is 2. The molecule has 4 rings (SSSR count). The van der Waals surface area contributed by atoms with Crippen LogP contribution in [0.25, 0.3) is 0 Å². The third-order valence-corrected chi connectivity index (χ3v) is 7.51. The van der Waals surface area contributed by atoms with E-state index in [1.807, 2.05) is 4.90 Å². The minimum atomic E-state index is -5.08. The van der Waals surface area contributed by atoms with Gasteiger partial charge in [0.15, 0.2) is 0 Å². The summed E-state index contributed by atoms with van der Waals surface area (Å²) in [6.07, 6.45) is -2.26. The van der Waals surface area contributed by atoms with E-state index in [1.165, 1.54) is 6.42 Å². The summed E-state index contributed by atoms with van der Waals surface area (Å²) in [6, 6.07) is 0. The summed E-state index contributed by atoms with van der Waals surface area (Å²) in [5.41, 5.74) is 1.08. The van der Waals surface area contributed by atoms with Crippen molar-refractivity contribution < 1.29 is 37.2 Å². The Hall–Kier alpha value is -2.63. The number of hydrogen-bond acceptors (Lipinski definition) is 6. The highest BCUT2D eigenvalue weighted by atomic mass is 19.4. The fraction of sp³-hybridized carbons (Fsp3) is 0.739. The van der Waals surface area contributed by atoms with Crippen LogP contribution < -0.4 is 5.32 Å². The van der Waals surface area contributed by atoms with Crippen LogP contribution in [0.15, 0.2) is 4.52 Å². The monoisotopic (exact) mass is 502 g/mol. The SMILES string of the molecule is CCC(C)CN1C[C@H]2C(=O)NC3(CCN(C(=O)c4c(C)noc4C)CC3)[C@H]2C1.O=C(O)C(F)(F)F. The molecule has 0 radical (unpaired) electrons. The molecule has 0 bridgehead atoms. The zero-order valence-corrected chi connectivity index (χ0v) is 20.4. The van der Waals surface area contributed by atoms with Gasteiger partial charge in [0.25, 0.3) is 5.91 Å². The molecular weight excluding hydrogens is 469 g/mol. The summed E-state index contributed by atoms with van der Waals surface area (Å²) >= 11 is 0. The Bertz CT molecular complexity index is 936. The summed E-state index contributed by atoms with van der Waals surface area (Å²) in [5.74, 6) is -0.846. The molecule has 0 saturated carbocycles. The van der Waals surface area contributed by atoms with Crippen LogP contribution in [-0.4, -0.2) is 82.3 Å². The number of carboxylic acid groups (broad SMARTS) is 1. The highest BCUT2D eigenvalue weighted by Crippen LogP contribution is 2.44. The largest absolute Gasteiger partial charge is 0.490 e. The Morgan fingerprint density at radius 2 is 1.86 bits per heavy atom. The number of aryl methyl sites for hydroxylation is 2. The van der Waals surface area contributed by atoms with Crippen LogP contribution in [0.4, 0.5) is 13.2 Å². The lowest BCUT2D eigenvalue weighted by Gasteiger charge is -2.42. The van der Waals surface area contributed by atoms with Crippen molar-refractivity contribution in [3.8, 4) is 0 Å². The summed E-state index contributed by atoms with van der Waals surface area (Å²) < 4.78 is 36.9. The zero-order valence-electron chi connectivity index (χ0n) is 20.4. The third kappa shape index (κ3) is 5.62. The van der Waals surface area contributed by atoms with Crippen LogP contribution in [0.3, 0.4) is 0 Å². The van der Waals surface area contributed by atoms with Crippen LogP contribution in [-0.2, 0) is 9.59 Å². The second-order valence-corrected chi connectivity index (χ2v) is 9.88. The lowest BCUT2D eigenvalue weighted by atomic mass is 9.75. The van der Waals surface area contributed by atoms with Crippen molar-refractivity contribution in [3.05, 3.63) is 17.0 Å². The molecule has 0 aliphatic carbocycles. The number of nitrogens with zero attached hydrogens (tertiary/aromatic N) is 3. The highest BCUT2D eigenvalue weighted by Gasteiger charge is 2.57. The van der Waals surface area contributed by atoms with Crippen molar-refractivity contribution >= 4 is 17.8 Å². The highest BCUT2D eigenvalue weighted by molar-refractivity contribution is 5.96. The summed E-state index contributed by atoms with van der Waals surface area (Å²) in [6.45, 7) is 12.4. The number of halogens is 3. The van der Waals surface area contributed by atoms with E-state index in [4.69, 9.17) is 14.4 Å². The Kier molecular flexibility index (Phi) is 7.83. The van der Waals surface area contributed by atoms with E-state index in [9.17, 15) is 22.8 Å². The molecule has 1 aromatic rings. The van der Waals surface area contributed by atoms with Crippen molar-refractivity contribution in [1.82, 2.24) is 20.3 Å². The van der Waals surface area contributed by atoms with Gasteiger partial charge in [0, 0.05) is 44.2 Å². The molecule has 2 N–H and O–H groups in total. The van der Waals surface area contributed by atoms with Crippen LogP contribution in [0.1, 0.15) is 54.9 Å². The molecule has 3 saturated heterocycles. The number of amides is 2. The maximum atomic E-state index is 12.9. The van der Waals surface area contributed by atoms with Gasteiger partial charge < -0.3 is 24.7 Å². The number of rotatable bonds is 4. The first-order valence-corrected chi connectivity index (χ1v) is 11.9. The van der Waals surface area contributed by atoms with E-state index in [1.54, 1.807) is 13.8 Å². The standard InChI is InChI=1S/C21H32N4O3.C2HF3O2/c1-5-13(2)10-24-11-16-17(12-24)21(22-19(16)26)6-8-25(9-7-21)20(27)18-14(3)23-28-15(18)4;3-2(4,5)1(6)7/h13,16-17H,5-12H2,1-4H3,(H,22,26);(H,6,7)/t13?,16-,17+;/m1./s1. The van der Waals surface area contributed by atoms with Gasteiger partial charge in [-0.05, 0) is 32.6 Å². The first kappa shape index (κ1) is 27.0. The fourth-order valence-electron chi connectivity index (χ4n) is 5.41. The quantitative estimate of drug-likeness (QED) is 0.650. The van der Waals surface area contributed by atoms with E-state index in [2.05, 4.69) is 29.2 Å². The van der Waals surface area contributed by atoms with Gasteiger partial charge in [-0.3, -0.25) is 9.59 Å². The topological polar surface area (TPSA) is 116 Å². The number of carboxylic acids is 1. The van der Waals surface area contributed by atoms with Crippen molar-refractivity contribution in [2.45, 2.75) is 58.7 Å². The van der Waals surface area contributed by atoms with Gasteiger partial charge in [-0.15, -0.1) is 0 Å². The number of fused-ring (bicyclic) bond motifs is 2. The van der Waals surface area contributed by atoms with Crippen LogP contribution >= 0.6 is 0 Å². The van der Waals surface area contributed by atoms with Crippen molar-refractivity contribution in [3.63, 3.8) is 0 Å². The molecular formula is C23H33F3N4O5. The summed E-state index contributed by atoms with van der Waals surface area (Å²) in [7, 11) is 0. The summed E-state index contributed by atoms with van der Waals surface area (Å²) in [4.78, 5) is 38.9. The molecule has 3 atom stereocenters. The second kappa shape index (κ2) is 10.2. The molecule has 0 aromatic carbocycles. The lowest BCUT2D eigenvalue weighted by molar-refractivity contribution is -0.192. The van der Waals surface area contributed by atoms with Crippen molar-refractivity contribution in [2.75, 3.05) is 32.7 Å². The molecule has 3 aliphatic heterocycles. The molecule has 3 fully saturated rings. The number of carbonyl (C=O) groups is 3. The average molecular weight is 503 g/mol. The van der Waals surface area contributed by atoms with E-state index in [-0.39, 0.29) is 23.3 Å². The molecule has 1 unspecified atom stereocenters. The number of aliphatic carboxylic acids is 1. The van der Waals surface area contributed by atoms with Crippen LogP contribution in [0, 0.1) is 31.6 Å². The van der Waals surface area contributed by atoms with Gasteiger partial charge in [-0.25, -0.2) is 4.79 Å². The number of nitrogens with one attached hydrogen (secondary N) is 1. The van der Waals surface area contributed by atoms with E-state index < -0.39 is 12.1 Å². The number of aromatic nitrogens is 1. The van der Waals surface area contributed by atoms with Crippen molar-refractivity contribution in [2.24, 2.45) is 17.8 Å². The van der Waals surface area contributed by atoms with Gasteiger partial charge >= 0.3 is 12.1 Å². The molecule has 2 amide bonds. The summed E-state index contributed by atoms with van der Waals surface area (Å²) in [5, 5.41) is 14.4. The maximum absolute atomic E-state index is 12.9. The molecule has 4 heterocycles. The number of piperidine rings is 1. The van der Waals surface area contributed by atoms with Gasteiger partial charge in [-0.2, -0.15) is 13.2 Å². The lowest BCUT2D eigenvalue weighted by Crippen LogP contribution is -2.56. The van der Waals surface area contributed by atoms with Crippen molar-refractivity contribution in [1.29, 1.82) is 0 Å². The first-order valence-electron chi connectivity index (χ1n) is 11.9. The van der Waals surface area contributed by atoms with Crippen LogP contribution in [0.2, 0.25) is 0 Å². The third-order valence-electron chi connectivity index (χ3n) is 7.51. The smallest absolute Gasteiger partial charge is 0.475 e. The number of likely N-dealkylation sites (tertiary alicyclic amines) is 2. The average Bonchev–Trinajstić information content (AvgIpc) is 3.42. The minimum absolute atomic E-state index is 0.00297. The minimum Gasteiger partial charge on any atom is -0.475 e. The van der Waals surface area contributed by atoms with E-state index >= 15 is 0 Å². The van der Waals surface area contributed by atoms with E-state index in [0.717, 1.165) is 32.5 Å². The second-order valence-electron chi connectivity index (χ2n) is 9.88. The molecule has 35 heavy (non-hydrogen) atoms. The maximum Gasteiger partial charge on any atom is 0.490 e. The predicted octanol–water partition coefficient (Wildman–Crippen LogP) is 2.62.